The number of amides is 1. The van der Waals surface area contributed by atoms with Crippen molar-refractivity contribution in [1.29, 1.82) is 0 Å². The molecule has 1 aliphatic carbocycles. The molecule has 3 heteroatoms. The van der Waals surface area contributed by atoms with Crippen LogP contribution in [0.15, 0.2) is 30.3 Å². The minimum absolute atomic E-state index is 0.113. The average molecular weight is 273 g/mol. The van der Waals surface area contributed by atoms with Crippen LogP contribution < -0.4 is 4.74 Å². The maximum absolute atomic E-state index is 12.2. The van der Waals surface area contributed by atoms with E-state index in [0.717, 1.165) is 36.7 Å². The van der Waals surface area contributed by atoms with Crippen molar-refractivity contribution in [3.63, 3.8) is 0 Å². The fraction of sp³-hybridized carbons (Fsp3) is 0.471. The quantitative estimate of drug-likeness (QED) is 0.713. The zero-order valence-electron chi connectivity index (χ0n) is 12.3. The van der Waals surface area contributed by atoms with Crippen LogP contribution in [0, 0.1) is 5.92 Å². The minimum atomic E-state index is 0.113. The van der Waals surface area contributed by atoms with Crippen LogP contribution in [0.5, 0.6) is 5.75 Å². The Morgan fingerprint density at radius 2 is 2.25 bits per heavy atom. The van der Waals surface area contributed by atoms with Gasteiger partial charge in [0.05, 0.1) is 7.11 Å². The molecule has 1 amide bonds. The third kappa shape index (κ3) is 4.41. The monoisotopic (exact) mass is 273 g/mol. The molecule has 1 aromatic rings. The Morgan fingerprint density at radius 3 is 2.90 bits per heavy atom. The summed E-state index contributed by atoms with van der Waals surface area (Å²) in [5, 5.41) is 0. The number of rotatable bonds is 7. The molecule has 0 radical (unpaired) electrons. The number of hydrogen-bond acceptors (Lipinski definition) is 2. The molecule has 0 atom stereocenters. The summed E-state index contributed by atoms with van der Waals surface area (Å²) in [5.41, 5.74) is 0.987. The summed E-state index contributed by atoms with van der Waals surface area (Å²) in [6, 6.07) is 7.72. The number of benzene rings is 1. The second-order valence-electron chi connectivity index (χ2n) is 5.34. The zero-order chi connectivity index (χ0) is 14.4. The molecule has 1 fully saturated rings. The van der Waals surface area contributed by atoms with Crippen molar-refractivity contribution < 1.29 is 9.53 Å². The number of carbonyl (C=O) groups excluding carboxylic acids is 1. The highest BCUT2D eigenvalue weighted by Gasteiger charge is 2.25. The third-order valence-corrected chi connectivity index (χ3v) is 3.49. The van der Waals surface area contributed by atoms with E-state index in [1.165, 1.54) is 12.8 Å². The second kappa shape index (κ2) is 7.13. The summed E-state index contributed by atoms with van der Waals surface area (Å²) in [6.45, 7) is 3.87. The van der Waals surface area contributed by atoms with Crippen molar-refractivity contribution in [2.24, 2.45) is 5.92 Å². The second-order valence-corrected chi connectivity index (χ2v) is 5.34. The highest BCUT2D eigenvalue weighted by Crippen LogP contribution is 2.29. The zero-order valence-corrected chi connectivity index (χ0v) is 12.3. The maximum atomic E-state index is 12.2. The van der Waals surface area contributed by atoms with E-state index in [2.05, 4.69) is 6.92 Å². The van der Waals surface area contributed by atoms with Crippen molar-refractivity contribution in [1.82, 2.24) is 4.90 Å². The minimum Gasteiger partial charge on any atom is -0.497 e. The van der Waals surface area contributed by atoms with Crippen molar-refractivity contribution >= 4 is 12.0 Å². The van der Waals surface area contributed by atoms with Crippen molar-refractivity contribution in [2.45, 2.75) is 26.2 Å². The molecule has 1 saturated carbocycles. The Hall–Kier alpha value is -1.77. The van der Waals surface area contributed by atoms with Gasteiger partial charge in [0, 0.05) is 19.2 Å². The van der Waals surface area contributed by atoms with Gasteiger partial charge in [0.1, 0.15) is 5.75 Å². The number of nitrogens with zero attached hydrogens (tertiary/aromatic N) is 1. The smallest absolute Gasteiger partial charge is 0.246 e. The Kier molecular flexibility index (Phi) is 5.22. The van der Waals surface area contributed by atoms with E-state index in [4.69, 9.17) is 4.74 Å². The molecule has 0 heterocycles. The molecule has 1 aromatic carbocycles. The van der Waals surface area contributed by atoms with Gasteiger partial charge < -0.3 is 9.64 Å². The van der Waals surface area contributed by atoms with Crippen LogP contribution in [-0.4, -0.2) is 31.0 Å². The summed E-state index contributed by atoms with van der Waals surface area (Å²) in [6.07, 6.45) is 7.08. The molecule has 108 valence electrons. The Balaban J connectivity index is 1.97. The van der Waals surface area contributed by atoms with Crippen LogP contribution in [0.4, 0.5) is 0 Å². The van der Waals surface area contributed by atoms with E-state index >= 15 is 0 Å². The first-order valence-corrected chi connectivity index (χ1v) is 7.34. The van der Waals surface area contributed by atoms with Crippen molar-refractivity contribution in [3.05, 3.63) is 35.9 Å². The van der Waals surface area contributed by atoms with Gasteiger partial charge in [-0.25, -0.2) is 0 Å². The van der Waals surface area contributed by atoms with Gasteiger partial charge in [-0.2, -0.15) is 0 Å². The predicted octanol–water partition coefficient (Wildman–Crippen LogP) is 3.36. The lowest BCUT2D eigenvalue weighted by Crippen LogP contribution is -2.32. The molecule has 0 aliphatic heterocycles. The lowest BCUT2D eigenvalue weighted by molar-refractivity contribution is -0.126. The summed E-state index contributed by atoms with van der Waals surface area (Å²) >= 11 is 0. The first-order chi connectivity index (χ1) is 9.72. The number of hydrogen-bond donors (Lipinski definition) is 0. The highest BCUT2D eigenvalue weighted by atomic mass is 16.5. The molecule has 0 N–H and O–H groups in total. The van der Waals surface area contributed by atoms with Crippen LogP contribution in [0.3, 0.4) is 0 Å². The fourth-order valence-electron chi connectivity index (χ4n) is 2.19. The molecule has 0 bridgehead atoms. The SMILES string of the molecule is CCCN(CC1CC1)C(=O)C=Cc1cccc(OC)c1. The molecule has 0 saturated heterocycles. The van der Waals surface area contributed by atoms with Gasteiger partial charge in [-0.05, 0) is 49.0 Å². The molecular formula is C17H23NO2. The normalized spacial score (nSPS) is 14.5. The predicted molar refractivity (Wildman–Crippen MR) is 81.6 cm³/mol. The van der Waals surface area contributed by atoms with E-state index in [9.17, 15) is 4.79 Å². The van der Waals surface area contributed by atoms with Crippen LogP contribution in [0.1, 0.15) is 31.7 Å². The van der Waals surface area contributed by atoms with Crippen molar-refractivity contribution in [3.8, 4) is 5.75 Å². The lowest BCUT2D eigenvalue weighted by Gasteiger charge is -2.20. The Bertz CT molecular complexity index is 478. The Labute approximate surface area is 121 Å². The van der Waals surface area contributed by atoms with Gasteiger partial charge >= 0.3 is 0 Å². The van der Waals surface area contributed by atoms with Gasteiger partial charge in [0.15, 0.2) is 0 Å². The van der Waals surface area contributed by atoms with E-state index in [-0.39, 0.29) is 5.91 Å². The van der Waals surface area contributed by atoms with Gasteiger partial charge in [-0.15, -0.1) is 0 Å². The number of carbonyl (C=O) groups is 1. The summed E-state index contributed by atoms with van der Waals surface area (Å²) in [7, 11) is 1.65. The summed E-state index contributed by atoms with van der Waals surface area (Å²) in [5.74, 6) is 1.65. The average Bonchev–Trinajstić information content (AvgIpc) is 3.28. The molecule has 1 aliphatic rings. The van der Waals surface area contributed by atoms with Crippen LogP contribution in [-0.2, 0) is 4.79 Å². The molecule has 2 rings (SSSR count). The van der Waals surface area contributed by atoms with Crippen LogP contribution >= 0.6 is 0 Å². The molecule has 0 aromatic heterocycles. The topological polar surface area (TPSA) is 29.5 Å². The van der Waals surface area contributed by atoms with Crippen molar-refractivity contribution in [2.75, 3.05) is 20.2 Å². The molecule has 0 spiro atoms. The van der Waals surface area contributed by atoms with E-state index < -0.39 is 0 Å². The maximum Gasteiger partial charge on any atom is 0.246 e. The first kappa shape index (κ1) is 14.6. The van der Waals surface area contributed by atoms with Gasteiger partial charge in [0.2, 0.25) is 5.91 Å². The van der Waals surface area contributed by atoms with E-state index in [1.807, 2.05) is 35.2 Å². The Morgan fingerprint density at radius 1 is 1.45 bits per heavy atom. The molecular weight excluding hydrogens is 250 g/mol. The highest BCUT2D eigenvalue weighted by molar-refractivity contribution is 5.91. The molecule has 0 unspecified atom stereocenters. The van der Waals surface area contributed by atoms with Gasteiger partial charge in [-0.1, -0.05) is 19.1 Å². The standard InChI is InChI=1S/C17H23NO2/c1-3-11-18(13-15-7-8-15)17(19)10-9-14-5-4-6-16(12-14)20-2/h4-6,9-10,12,15H,3,7-8,11,13H2,1-2H3. The van der Waals surface area contributed by atoms with Gasteiger partial charge in [0.25, 0.3) is 0 Å². The largest absolute Gasteiger partial charge is 0.497 e. The summed E-state index contributed by atoms with van der Waals surface area (Å²) < 4.78 is 5.18. The summed E-state index contributed by atoms with van der Waals surface area (Å²) in [4.78, 5) is 14.2. The van der Waals surface area contributed by atoms with E-state index in [0.29, 0.717) is 0 Å². The number of ether oxygens (including phenoxy) is 1. The number of methoxy groups -OCH3 is 1. The fourth-order valence-corrected chi connectivity index (χ4v) is 2.19. The molecule has 20 heavy (non-hydrogen) atoms. The van der Waals surface area contributed by atoms with Gasteiger partial charge in [-0.3, -0.25) is 4.79 Å². The lowest BCUT2D eigenvalue weighted by atomic mass is 10.2. The molecule has 3 nitrogen and oxygen atoms in total. The van der Waals surface area contributed by atoms with Crippen LogP contribution in [0.25, 0.3) is 6.08 Å². The third-order valence-electron chi connectivity index (χ3n) is 3.49. The first-order valence-electron chi connectivity index (χ1n) is 7.34. The van der Waals surface area contributed by atoms with Crippen LogP contribution in [0.2, 0.25) is 0 Å². The van der Waals surface area contributed by atoms with E-state index in [1.54, 1.807) is 13.2 Å².